The summed E-state index contributed by atoms with van der Waals surface area (Å²) < 4.78 is 72.7. The average molecular weight is 326 g/mol. The summed E-state index contributed by atoms with van der Waals surface area (Å²) in [5, 5.41) is 0. The summed E-state index contributed by atoms with van der Waals surface area (Å²) >= 11 is 0. The number of hydrogen-bond acceptors (Lipinski definition) is 6. The summed E-state index contributed by atoms with van der Waals surface area (Å²) in [4.78, 5) is 11.5. The fourth-order valence-corrected chi connectivity index (χ4v) is 2.27. The number of methoxy groups -OCH3 is 1. The number of rotatable bonds is 3. The minimum absolute atomic E-state index is 0.0123. The normalized spacial score (nSPS) is 14.3. The molecule has 0 aliphatic carbocycles. The molecule has 0 radical (unpaired) electrons. The van der Waals surface area contributed by atoms with Gasteiger partial charge in [-0.2, -0.15) is 21.6 Å². The Hall–Kier alpha value is -1.97. The van der Waals surface area contributed by atoms with Crippen LogP contribution in [0.5, 0.6) is 11.5 Å². The summed E-state index contributed by atoms with van der Waals surface area (Å²) in [6, 6.07) is 2.04. The van der Waals surface area contributed by atoms with Crippen LogP contribution < -0.4 is 8.92 Å². The van der Waals surface area contributed by atoms with Gasteiger partial charge >= 0.3 is 21.6 Å². The van der Waals surface area contributed by atoms with Crippen LogP contribution in [0.15, 0.2) is 12.1 Å². The molecule has 0 spiro atoms. The number of carbonyl (C=O) groups is 1. The highest BCUT2D eigenvalue weighted by molar-refractivity contribution is 7.88. The van der Waals surface area contributed by atoms with Crippen LogP contribution in [0.4, 0.5) is 13.2 Å². The first-order valence-corrected chi connectivity index (χ1v) is 6.96. The van der Waals surface area contributed by atoms with Gasteiger partial charge in [0, 0.05) is 12.0 Å². The lowest BCUT2D eigenvalue weighted by atomic mass is 10.1. The van der Waals surface area contributed by atoms with E-state index in [1.807, 2.05) is 0 Å². The van der Waals surface area contributed by atoms with E-state index in [9.17, 15) is 26.4 Å². The molecule has 0 N–H and O–H groups in total. The van der Waals surface area contributed by atoms with Gasteiger partial charge in [0.2, 0.25) is 0 Å². The first-order valence-electron chi connectivity index (χ1n) is 5.55. The number of alkyl halides is 3. The van der Waals surface area contributed by atoms with Crippen LogP contribution in [0, 0.1) is 0 Å². The third-order valence-corrected chi connectivity index (χ3v) is 3.67. The number of benzene rings is 1. The van der Waals surface area contributed by atoms with E-state index in [0.29, 0.717) is 0 Å². The smallest absolute Gasteiger partial charge is 0.492 e. The molecule has 2 rings (SSSR count). The molecule has 0 amide bonds. The van der Waals surface area contributed by atoms with Gasteiger partial charge in [0.15, 0.2) is 0 Å². The topological polar surface area (TPSA) is 78.9 Å². The first kappa shape index (κ1) is 15.4. The number of fused-ring (bicyclic) bond motifs is 1. The third-order valence-electron chi connectivity index (χ3n) is 2.70. The predicted octanol–water partition coefficient (Wildman–Crippen LogP) is 1.64. The Morgan fingerprint density at radius 1 is 1.33 bits per heavy atom. The van der Waals surface area contributed by atoms with Crippen molar-refractivity contribution in [2.75, 3.05) is 13.7 Å². The molecule has 6 nitrogen and oxygen atoms in total. The quantitative estimate of drug-likeness (QED) is 0.477. The highest BCUT2D eigenvalue weighted by Gasteiger charge is 2.49. The van der Waals surface area contributed by atoms with Gasteiger partial charge in [-0.15, -0.1) is 0 Å². The van der Waals surface area contributed by atoms with Crippen molar-refractivity contribution in [3.8, 4) is 11.5 Å². The Bertz CT molecular complexity index is 680. The standard InChI is InChI=1S/C11H9F3O6S/c1-18-10(15)7-2-3-8(6-4-5-19-9(6)7)20-21(16,17)11(12,13)14/h2-3H,4-5H2,1H3. The van der Waals surface area contributed by atoms with Crippen LogP contribution in [-0.4, -0.2) is 33.6 Å². The molecule has 1 aromatic rings. The summed E-state index contributed by atoms with van der Waals surface area (Å²) in [5.74, 6) is -1.30. The van der Waals surface area contributed by atoms with Crippen LogP contribution in [0.25, 0.3) is 0 Å². The van der Waals surface area contributed by atoms with Gasteiger partial charge in [-0.05, 0) is 12.1 Å². The van der Waals surface area contributed by atoms with Gasteiger partial charge < -0.3 is 13.7 Å². The lowest BCUT2D eigenvalue weighted by Gasteiger charge is -2.13. The van der Waals surface area contributed by atoms with Gasteiger partial charge in [-0.3, -0.25) is 0 Å². The molecule has 1 aromatic carbocycles. The van der Waals surface area contributed by atoms with Gasteiger partial charge in [-0.25, -0.2) is 4.79 Å². The average Bonchev–Trinajstić information content (AvgIpc) is 2.86. The molecule has 0 fully saturated rings. The summed E-state index contributed by atoms with van der Waals surface area (Å²) in [6.07, 6.45) is 0.114. The molecule has 10 heteroatoms. The van der Waals surface area contributed by atoms with E-state index in [2.05, 4.69) is 8.92 Å². The number of halogens is 3. The molecule has 1 heterocycles. The van der Waals surface area contributed by atoms with Crippen molar-refractivity contribution < 1.29 is 40.0 Å². The van der Waals surface area contributed by atoms with Crippen molar-refractivity contribution in [1.29, 1.82) is 0 Å². The van der Waals surface area contributed by atoms with Gasteiger partial charge in [0.05, 0.1) is 13.7 Å². The van der Waals surface area contributed by atoms with E-state index in [1.54, 1.807) is 0 Å². The van der Waals surface area contributed by atoms with E-state index >= 15 is 0 Å². The monoisotopic (exact) mass is 326 g/mol. The highest BCUT2D eigenvalue weighted by atomic mass is 32.2. The van der Waals surface area contributed by atoms with Crippen LogP contribution in [0.3, 0.4) is 0 Å². The molecule has 0 aromatic heterocycles. The van der Waals surface area contributed by atoms with Crippen LogP contribution in [-0.2, 0) is 21.3 Å². The zero-order valence-corrected chi connectivity index (χ0v) is 11.4. The molecule has 0 atom stereocenters. The van der Waals surface area contributed by atoms with E-state index in [0.717, 1.165) is 19.2 Å². The van der Waals surface area contributed by atoms with Crippen molar-refractivity contribution in [3.63, 3.8) is 0 Å². The highest BCUT2D eigenvalue weighted by Crippen LogP contribution is 2.39. The Morgan fingerprint density at radius 2 is 2.00 bits per heavy atom. The third kappa shape index (κ3) is 2.75. The zero-order chi connectivity index (χ0) is 15.8. The summed E-state index contributed by atoms with van der Waals surface area (Å²) in [6.45, 7) is 0.0891. The summed E-state index contributed by atoms with van der Waals surface area (Å²) in [7, 11) is -4.66. The molecule has 0 saturated carbocycles. The number of hydrogen-bond donors (Lipinski definition) is 0. The molecular weight excluding hydrogens is 317 g/mol. The molecule has 21 heavy (non-hydrogen) atoms. The maximum absolute atomic E-state index is 12.3. The molecule has 0 unspecified atom stereocenters. The van der Waals surface area contributed by atoms with Gasteiger partial charge in [-0.1, -0.05) is 0 Å². The molecule has 0 saturated heterocycles. The van der Waals surface area contributed by atoms with Crippen LogP contribution >= 0.6 is 0 Å². The first-order chi connectivity index (χ1) is 9.67. The Labute approximate surface area is 117 Å². The van der Waals surface area contributed by atoms with E-state index in [1.165, 1.54) is 0 Å². The minimum atomic E-state index is -5.78. The zero-order valence-electron chi connectivity index (χ0n) is 10.6. The lowest BCUT2D eigenvalue weighted by Crippen LogP contribution is -2.28. The Balaban J connectivity index is 2.45. The van der Waals surface area contributed by atoms with E-state index in [4.69, 9.17) is 4.74 Å². The number of esters is 1. The maximum Gasteiger partial charge on any atom is 0.534 e. The van der Waals surface area contributed by atoms with Crippen LogP contribution in [0.2, 0.25) is 0 Å². The van der Waals surface area contributed by atoms with Crippen molar-refractivity contribution >= 4 is 16.1 Å². The van der Waals surface area contributed by atoms with Crippen molar-refractivity contribution in [3.05, 3.63) is 23.3 Å². The summed E-state index contributed by atoms with van der Waals surface area (Å²) in [5.41, 5.74) is -5.48. The van der Waals surface area contributed by atoms with E-state index in [-0.39, 0.29) is 29.9 Å². The van der Waals surface area contributed by atoms with Gasteiger partial charge in [0.25, 0.3) is 0 Å². The fourth-order valence-electron chi connectivity index (χ4n) is 1.78. The second-order valence-corrected chi connectivity index (χ2v) is 5.53. The second kappa shape index (κ2) is 5.10. The molecular formula is C11H9F3O6S. The molecule has 1 aliphatic heterocycles. The molecule has 0 bridgehead atoms. The van der Waals surface area contributed by atoms with Crippen molar-refractivity contribution in [2.24, 2.45) is 0 Å². The second-order valence-electron chi connectivity index (χ2n) is 3.99. The number of ether oxygens (including phenoxy) is 2. The molecule has 1 aliphatic rings. The van der Waals surface area contributed by atoms with Crippen molar-refractivity contribution in [1.82, 2.24) is 0 Å². The Kier molecular flexibility index (Phi) is 3.74. The molecule has 116 valence electrons. The SMILES string of the molecule is COC(=O)c1ccc(OS(=O)(=O)C(F)(F)F)c2c1OCC2. The predicted molar refractivity (Wildman–Crippen MR) is 62.6 cm³/mol. The van der Waals surface area contributed by atoms with E-state index < -0.39 is 27.3 Å². The van der Waals surface area contributed by atoms with Crippen molar-refractivity contribution in [2.45, 2.75) is 11.9 Å². The maximum atomic E-state index is 12.3. The number of carbonyl (C=O) groups excluding carboxylic acids is 1. The fraction of sp³-hybridized carbons (Fsp3) is 0.364. The van der Waals surface area contributed by atoms with Gasteiger partial charge in [0.1, 0.15) is 17.1 Å². The van der Waals surface area contributed by atoms with Crippen LogP contribution in [0.1, 0.15) is 15.9 Å². The lowest BCUT2D eigenvalue weighted by molar-refractivity contribution is -0.0500. The Morgan fingerprint density at radius 3 is 2.57 bits per heavy atom. The minimum Gasteiger partial charge on any atom is -0.492 e. The largest absolute Gasteiger partial charge is 0.534 e.